The van der Waals surface area contributed by atoms with Crippen LogP contribution in [0.5, 0.6) is 0 Å². The first-order valence-electron chi connectivity index (χ1n) is 7.90. The summed E-state index contributed by atoms with van der Waals surface area (Å²) in [6, 6.07) is 8.34. The van der Waals surface area contributed by atoms with Crippen molar-refractivity contribution in [3.05, 3.63) is 29.8 Å². The highest BCUT2D eigenvalue weighted by atomic mass is 32.2. The van der Waals surface area contributed by atoms with Crippen molar-refractivity contribution in [3.63, 3.8) is 0 Å². The van der Waals surface area contributed by atoms with Gasteiger partial charge in [-0.2, -0.15) is 0 Å². The summed E-state index contributed by atoms with van der Waals surface area (Å²) in [5, 5.41) is 3.34. The number of rotatable bonds is 3. The van der Waals surface area contributed by atoms with Crippen LogP contribution in [0.25, 0.3) is 0 Å². The third-order valence-electron chi connectivity index (χ3n) is 5.44. The van der Waals surface area contributed by atoms with Crippen molar-refractivity contribution in [2.75, 3.05) is 25.9 Å². The van der Waals surface area contributed by atoms with Crippen LogP contribution in [-0.2, 0) is 0 Å². The Morgan fingerprint density at radius 3 is 2.38 bits per heavy atom. The summed E-state index contributed by atoms with van der Waals surface area (Å²) in [6.45, 7) is 3.66. The van der Waals surface area contributed by atoms with E-state index < -0.39 is 0 Å². The Hall–Kier alpha value is -1.00. The number of thioether (sulfide) groups is 1. The van der Waals surface area contributed by atoms with Crippen molar-refractivity contribution in [3.8, 4) is 0 Å². The van der Waals surface area contributed by atoms with E-state index in [4.69, 9.17) is 0 Å². The maximum atomic E-state index is 12.5. The topological polar surface area (TPSA) is 32.3 Å². The molecule has 3 heterocycles. The van der Waals surface area contributed by atoms with E-state index in [0.29, 0.717) is 17.9 Å². The van der Waals surface area contributed by atoms with Crippen LogP contribution in [0, 0.1) is 17.8 Å². The minimum Gasteiger partial charge on any atom is -0.349 e. The number of hydrogen-bond donors (Lipinski definition) is 1. The molecular weight excluding hydrogens is 280 g/mol. The zero-order valence-electron chi connectivity index (χ0n) is 12.4. The minimum atomic E-state index is 0.107. The highest BCUT2D eigenvalue weighted by Gasteiger charge is 2.47. The van der Waals surface area contributed by atoms with E-state index in [1.165, 1.54) is 37.4 Å². The van der Waals surface area contributed by atoms with Gasteiger partial charge in [-0.15, -0.1) is 11.8 Å². The van der Waals surface area contributed by atoms with Crippen LogP contribution in [-0.4, -0.2) is 42.7 Å². The van der Waals surface area contributed by atoms with Gasteiger partial charge in [-0.1, -0.05) is 0 Å². The number of hydrogen-bond acceptors (Lipinski definition) is 3. The van der Waals surface area contributed by atoms with Crippen LogP contribution >= 0.6 is 11.8 Å². The van der Waals surface area contributed by atoms with E-state index in [9.17, 15) is 4.79 Å². The van der Waals surface area contributed by atoms with Gasteiger partial charge in [0.2, 0.25) is 0 Å². The van der Waals surface area contributed by atoms with E-state index in [2.05, 4.69) is 16.5 Å². The Kier molecular flexibility index (Phi) is 3.46. The second-order valence-corrected chi connectivity index (χ2v) is 7.68. The SMILES string of the molecule is CSc1ccc(C(=O)NC2C3CC4CC2CN(C4)C3)cc1. The number of nitrogens with zero attached hydrogens (tertiary/aromatic N) is 1. The van der Waals surface area contributed by atoms with Gasteiger partial charge in [-0.25, -0.2) is 0 Å². The predicted molar refractivity (Wildman–Crippen MR) is 85.6 cm³/mol. The number of piperidine rings is 3. The molecule has 1 N–H and O–H groups in total. The molecule has 4 fully saturated rings. The molecule has 3 nitrogen and oxygen atoms in total. The lowest BCUT2D eigenvalue weighted by molar-refractivity contribution is -0.0418. The molecule has 4 aliphatic rings. The summed E-state index contributed by atoms with van der Waals surface area (Å²) in [5.74, 6) is 2.34. The van der Waals surface area contributed by atoms with Gasteiger partial charge >= 0.3 is 0 Å². The maximum Gasteiger partial charge on any atom is 0.251 e. The van der Waals surface area contributed by atoms with Gasteiger partial charge in [0.1, 0.15) is 0 Å². The second-order valence-electron chi connectivity index (χ2n) is 6.80. The molecule has 1 aromatic rings. The molecule has 1 saturated carbocycles. The lowest BCUT2D eigenvalue weighted by atomic mass is 9.65. The van der Waals surface area contributed by atoms with Crippen molar-refractivity contribution in [2.45, 2.75) is 23.8 Å². The average molecular weight is 302 g/mol. The highest BCUT2D eigenvalue weighted by molar-refractivity contribution is 7.98. The van der Waals surface area contributed by atoms with Gasteiger partial charge in [0.25, 0.3) is 5.91 Å². The largest absolute Gasteiger partial charge is 0.349 e. The molecular formula is C17H22N2OS. The molecule has 0 spiro atoms. The van der Waals surface area contributed by atoms with E-state index in [0.717, 1.165) is 11.5 Å². The Labute approximate surface area is 130 Å². The molecule has 1 aliphatic carbocycles. The lowest BCUT2D eigenvalue weighted by Crippen LogP contribution is -2.64. The van der Waals surface area contributed by atoms with Gasteiger partial charge in [0.05, 0.1) is 0 Å². The summed E-state index contributed by atoms with van der Waals surface area (Å²) in [5.41, 5.74) is 0.793. The first-order valence-corrected chi connectivity index (χ1v) is 9.12. The van der Waals surface area contributed by atoms with Gasteiger partial charge in [-0.05, 0) is 61.1 Å². The van der Waals surface area contributed by atoms with Gasteiger partial charge in [-0.3, -0.25) is 4.79 Å². The fourth-order valence-corrected chi connectivity index (χ4v) is 5.03. The lowest BCUT2D eigenvalue weighted by Gasteiger charge is -2.55. The van der Waals surface area contributed by atoms with Gasteiger partial charge in [0.15, 0.2) is 0 Å². The quantitative estimate of drug-likeness (QED) is 0.871. The number of carbonyl (C=O) groups is 1. The van der Waals surface area contributed by atoms with Gasteiger partial charge in [0, 0.05) is 36.1 Å². The zero-order chi connectivity index (χ0) is 14.4. The van der Waals surface area contributed by atoms with E-state index >= 15 is 0 Å². The van der Waals surface area contributed by atoms with Gasteiger partial charge < -0.3 is 10.2 Å². The van der Waals surface area contributed by atoms with Crippen molar-refractivity contribution in [1.82, 2.24) is 10.2 Å². The molecule has 0 radical (unpaired) electrons. The van der Waals surface area contributed by atoms with Crippen molar-refractivity contribution >= 4 is 17.7 Å². The summed E-state index contributed by atoms with van der Waals surface area (Å²) in [4.78, 5) is 16.3. The molecule has 3 saturated heterocycles. The Morgan fingerprint density at radius 2 is 1.81 bits per heavy atom. The molecule has 4 bridgehead atoms. The van der Waals surface area contributed by atoms with Crippen molar-refractivity contribution < 1.29 is 4.79 Å². The Morgan fingerprint density at radius 1 is 1.14 bits per heavy atom. The van der Waals surface area contributed by atoms with Crippen molar-refractivity contribution in [1.29, 1.82) is 0 Å². The smallest absolute Gasteiger partial charge is 0.251 e. The van der Waals surface area contributed by atoms with E-state index in [1.54, 1.807) is 11.8 Å². The monoisotopic (exact) mass is 302 g/mol. The molecule has 3 aliphatic heterocycles. The number of amides is 1. The van der Waals surface area contributed by atoms with Crippen molar-refractivity contribution in [2.24, 2.45) is 17.8 Å². The van der Waals surface area contributed by atoms with Crippen LogP contribution in [0.1, 0.15) is 23.2 Å². The van der Waals surface area contributed by atoms with Crippen LogP contribution < -0.4 is 5.32 Å². The average Bonchev–Trinajstić information content (AvgIpc) is 2.50. The second kappa shape index (κ2) is 5.33. The first kappa shape index (κ1) is 13.6. The summed E-state index contributed by atoms with van der Waals surface area (Å²) >= 11 is 1.71. The highest BCUT2D eigenvalue weighted by Crippen LogP contribution is 2.43. The first-order chi connectivity index (χ1) is 10.2. The van der Waals surface area contributed by atoms with E-state index in [1.807, 2.05) is 24.3 Å². The summed E-state index contributed by atoms with van der Waals surface area (Å²) in [6.07, 6.45) is 4.67. The fourth-order valence-electron chi connectivity index (χ4n) is 4.62. The molecule has 0 aromatic heterocycles. The van der Waals surface area contributed by atoms with Crippen LogP contribution in [0.4, 0.5) is 0 Å². The van der Waals surface area contributed by atoms with Crippen LogP contribution in [0.15, 0.2) is 29.2 Å². The number of carbonyl (C=O) groups excluding carboxylic acids is 1. The Bertz CT molecular complexity index is 514. The molecule has 2 atom stereocenters. The molecule has 21 heavy (non-hydrogen) atoms. The normalized spacial score (nSPS) is 36.7. The zero-order valence-corrected chi connectivity index (χ0v) is 13.2. The Balaban J connectivity index is 1.46. The molecule has 4 heteroatoms. The number of nitrogens with one attached hydrogen (secondary N) is 1. The minimum absolute atomic E-state index is 0.107. The third kappa shape index (κ3) is 2.49. The third-order valence-corrected chi connectivity index (χ3v) is 6.18. The predicted octanol–water partition coefficient (Wildman–Crippen LogP) is 2.48. The molecule has 5 rings (SSSR count). The van der Waals surface area contributed by atoms with Crippen LogP contribution in [0.3, 0.4) is 0 Å². The fraction of sp³-hybridized carbons (Fsp3) is 0.588. The molecule has 1 aromatic carbocycles. The summed E-state index contributed by atoms with van der Waals surface area (Å²) in [7, 11) is 0. The molecule has 2 unspecified atom stereocenters. The molecule has 1 amide bonds. The van der Waals surface area contributed by atoms with Crippen LogP contribution in [0.2, 0.25) is 0 Å². The number of benzene rings is 1. The molecule has 112 valence electrons. The summed E-state index contributed by atoms with van der Waals surface area (Å²) < 4.78 is 0. The maximum absolute atomic E-state index is 12.5. The standard InChI is InChI=1S/C17H22N2OS/c1-21-15-4-2-12(3-5-15)17(20)18-16-13-6-11-7-14(16)10-19(8-11)9-13/h2-5,11,13-14,16H,6-10H2,1H3,(H,18,20). The van der Waals surface area contributed by atoms with E-state index in [-0.39, 0.29) is 5.91 Å².